The third-order valence-electron chi connectivity index (χ3n) is 5.31. The Bertz CT molecular complexity index is 526. The molecule has 0 radical (unpaired) electrons. The van der Waals surface area contributed by atoms with Crippen LogP contribution in [0.3, 0.4) is 0 Å². The van der Waals surface area contributed by atoms with E-state index in [1.54, 1.807) is 4.90 Å². The van der Waals surface area contributed by atoms with Gasteiger partial charge in [-0.1, -0.05) is 0 Å². The zero-order valence-corrected chi connectivity index (χ0v) is 15.2. The summed E-state index contributed by atoms with van der Waals surface area (Å²) in [5, 5.41) is 13.3. The van der Waals surface area contributed by atoms with Crippen LogP contribution >= 0.6 is 0 Å². The van der Waals surface area contributed by atoms with E-state index in [9.17, 15) is 14.7 Å². The highest BCUT2D eigenvalue weighted by molar-refractivity contribution is 5.87. The number of nitrogens with one attached hydrogen (secondary N) is 1. The predicted molar refractivity (Wildman–Crippen MR) is 89.4 cm³/mol. The molecule has 2 saturated carbocycles. The summed E-state index contributed by atoms with van der Waals surface area (Å²) in [4.78, 5) is 26.9. The molecule has 2 amide bonds. The van der Waals surface area contributed by atoms with Crippen LogP contribution in [-0.4, -0.2) is 51.3 Å². The van der Waals surface area contributed by atoms with E-state index < -0.39 is 17.2 Å². The Balaban J connectivity index is 1.62. The van der Waals surface area contributed by atoms with Gasteiger partial charge < -0.3 is 15.2 Å². The summed E-state index contributed by atoms with van der Waals surface area (Å²) in [6.45, 7) is 7.34. The van der Waals surface area contributed by atoms with Crippen LogP contribution in [0.5, 0.6) is 0 Å². The van der Waals surface area contributed by atoms with E-state index in [-0.39, 0.29) is 24.1 Å². The molecule has 0 aromatic heterocycles. The fourth-order valence-corrected chi connectivity index (χ4v) is 4.15. The molecule has 0 bridgehead atoms. The lowest BCUT2D eigenvalue weighted by Crippen LogP contribution is -2.53. The first-order chi connectivity index (χ1) is 11.1. The molecule has 2 N–H and O–H groups in total. The van der Waals surface area contributed by atoms with Crippen LogP contribution in [0.25, 0.3) is 0 Å². The zero-order valence-electron chi connectivity index (χ0n) is 15.2. The molecular formula is C18H30N2O4. The number of likely N-dealkylation sites (tertiary alicyclic amines) is 1. The number of piperidine rings is 1. The first-order valence-electron chi connectivity index (χ1n) is 9.10. The van der Waals surface area contributed by atoms with E-state index in [0.29, 0.717) is 12.3 Å². The molecule has 136 valence electrons. The van der Waals surface area contributed by atoms with Gasteiger partial charge in [-0.05, 0) is 72.1 Å². The van der Waals surface area contributed by atoms with E-state index in [4.69, 9.17) is 4.74 Å². The number of fused-ring (bicyclic) bond motifs is 1. The second-order valence-electron chi connectivity index (χ2n) is 9.00. The van der Waals surface area contributed by atoms with Crippen molar-refractivity contribution in [3.63, 3.8) is 0 Å². The van der Waals surface area contributed by atoms with Crippen molar-refractivity contribution >= 4 is 12.0 Å². The van der Waals surface area contributed by atoms with Crippen LogP contribution in [0.1, 0.15) is 66.2 Å². The third kappa shape index (κ3) is 3.85. The molecule has 1 saturated heterocycles. The summed E-state index contributed by atoms with van der Waals surface area (Å²) < 4.78 is 5.49. The number of hydrogen-bond donors (Lipinski definition) is 2. The van der Waals surface area contributed by atoms with Crippen molar-refractivity contribution in [2.45, 2.75) is 95.5 Å². The first-order valence-corrected chi connectivity index (χ1v) is 9.10. The second-order valence-corrected chi connectivity index (χ2v) is 9.00. The SMILES string of the molecule is CC(C)(C)OC(=O)N1[C@@H](C(=O)N[C@@H]2CCC[C@@](C)(O)C2)C[C@H]2C[C@H]21. The fourth-order valence-electron chi connectivity index (χ4n) is 4.15. The van der Waals surface area contributed by atoms with E-state index in [0.717, 1.165) is 32.1 Å². The molecule has 6 nitrogen and oxygen atoms in total. The Kier molecular flexibility index (Phi) is 4.31. The number of amides is 2. The largest absolute Gasteiger partial charge is 0.444 e. The fraction of sp³-hybridized carbons (Fsp3) is 0.889. The molecule has 0 aromatic carbocycles. The number of rotatable bonds is 2. The second kappa shape index (κ2) is 5.90. The van der Waals surface area contributed by atoms with Crippen molar-refractivity contribution in [3.8, 4) is 0 Å². The van der Waals surface area contributed by atoms with Gasteiger partial charge in [-0.3, -0.25) is 9.69 Å². The van der Waals surface area contributed by atoms with Crippen LogP contribution in [0.2, 0.25) is 0 Å². The van der Waals surface area contributed by atoms with E-state index in [2.05, 4.69) is 5.32 Å². The highest BCUT2D eigenvalue weighted by atomic mass is 16.6. The van der Waals surface area contributed by atoms with Gasteiger partial charge in [0.05, 0.1) is 5.60 Å². The number of nitrogens with zero attached hydrogens (tertiary/aromatic N) is 1. The molecular weight excluding hydrogens is 308 g/mol. The summed E-state index contributed by atoms with van der Waals surface area (Å²) in [6.07, 6.45) is 4.45. The summed E-state index contributed by atoms with van der Waals surface area (Å²) in [6, 6.07) is -0.292. The summed E-state index contributed by atoms with van der Waals surface area (Å²) in [5.74, 6) is 0.332. The third-order valence-corrected chi connectivity index (χ3v) is 5.31. The highest BCUT2D eigenvalue weighted by Crippen LogP contribution is 2.48. The molecule has 3 aliphatic rings. The smallest absolute Gasteiger partial charge is 0.411 e. The Labute approximate surface area is 143 Å². The Morgan fingerprint density at radius 3 is 2.62 bits per heavy atom. The normalized spacial score (nSPS) is 38.5. The molecule has 0 unspecified atom stereocenters. The minimum absolute atomic E-state index is 0.0151. The number of hydrogen-bond acceptors (Lipinski definition) is 4. The molecule has 2 aliphatic carbocycles. The van der Waals surface area contributed by atoms with Gasteiger partial charge in [-0.2, -0.15) is 0 Å². The highest BCUT2D eigenvalue weighted by Gasteiger charge is 2.57. The summed E-state index contributed by atoms with van der Waals surface area (Å²) >= 11 is 0. The molecule has 3 fully saturated rings. The number of aliphatic hydroxyl groups is 1. The van der Waals surface area contributed by atoms with Gasteiger partial charge in [0.15, 0.2) is 0 Å². The van der Waals surface area contributed by atoms with Crippen LogP contribution in [0.15, 0.2) is 0 Å². The predicted octanol–water partition coefficient (Wildman–Crippen LogP) is 2.19. The standard InChI is InChI=1S/C18H30N2O4/c1-17(2,3)24-16(22)20-13-8-11(13)9-14(20)15(21)19-12-6-5-7-18(4,23)10-12/h11-14,23H,5-10H2,1-4H3,(H,19,21)/t11-,12-,13-,14-,18-/m1/s1. The van der Waals surface area contributed by atoms with Gasteiger partial charge in [0.2, 0.25) is 5.91 Å². The minimum atomic E-state index is -0.709. The van der Waals surface area contributed by atoms with Gasteiger partial charge in [0.1, 0.15) is 11.6 Å². The van der Waals surface area contributed by atoms with Gasteiger partial charge in [0.25, 0.3) is 0 Å². The van der Waals surface area contributed by atoms with Crippen molar-refractivity contribution < 1.29 is 19.4 Å². The minimum Gasteiger partial charge on any atom is -0.444 e. The molecule has 6 heteroatoms. The molecule has 1 aliphatic heterocycles. The van der Waals surface area contributed by atoms with E-state index >= 15 is 0 Å². The quantitative estimate of drug-likeness (QED) is 0.809. The van der Waals surface area contributed by atoms with Crippen LogP contribution in [0.4, 0.5) is 4.79 Å². The molecule has 1 heterocycles. The lowest BCUT2D eigenvalue weighted by Gasteiger charge is -2.36. The zero-order chi connectivity index (χ0) is 17.7. The average molecular weight is 338 g/mol. The van der Waals surface area contributed by atoms with Crippen molar-refractivity contribution in [3.05, 3.63) is 0 Å². The molecule has 24 heavy (non-hydrogen) atoms. The first kappa shape index (κ1) is 17.5. The van der Waals surface area contributed by atoms with Gasteiger partial charge in [-0.15, -0.1) is 0 Å². The Morgan fingerprint density at radius 2 is 2.00 bits per heavy atom. The Hall–Kier alpha value is -1.30. The maximum atomic E-state index is 12.7. The lowest BCUT2D eigenvalue weighted by molar-refractivity contribution is -0.127. The average Bonchev–Trinajstić information content (AvgIpc) is 3.05. The van der Waals surface area contributed by atoms with Crippen LogP contribution in [0, 0.1) is 5.92 Å². The molecule has 0 aromatic rings. The molecule has 3 rings (SSSR count). The number of carbonyl (C=O) groups excluding carboxylic acids is 2. The van der Waals surface area contributed by atoms with Gasteiger partial charge in [-0.25, -0.2) is 4.79 Å². The summed E-state index contributed by atoms with van der Waals surface area (Å²) in [5.41, 5.74) is -1.27. The summed E-state index contributed by atoms with van der Waals surface area (Å²) in [7, 11) is 0. The monoisotopic (exact) mass is 338 g/mol. The topological polar surface area (TPSA) is 78.9 Å². The lowest BCUT2D eigenvalue weighted by atomic mass is 9.83. The maximum absolute atomic E-state index is 12.7. The van der Waals surface area contributed by atoms with Crippen LogP contribution in [-0.2, 0) is 9.53 Å². The molecule has 5 atom stereocenters. The molecule has 0 spiro atoms. The van der Waals surface area contributed by atoms with Crippen molar-refractivity contribution in [2.24, 2.45) is 5.92 Å². The van der Waals surface area contributed by atoms with E-state index in [1.807, 2.05) is 27.7 Å². The number of carbonyl (C=O) groups is 2. The van der Waals surface area contributed by atoms with Gasteiger partial charge in [0, 0.05) is 12.1 Å². The van der Waals surface area contributed by atoms with E-state index in [1.165, 1.54) is 0 Å². The van der Waals surface area contributed by atoms with Gasteiger partial charge >= 0.3 is 6.09 Å². The van der Waals surface area contributed by atoms with Crippen LogP contribution < -0.4 is 5.32 Å². The Morgan fingerprint density at radius 1 is 1.29 bits per heavy atom. The van der Waals surface area contributed by atoms with Crippen molar-refractivity contribution in [2.75, 3.05) is 0 Å². The van der Waals surface area contributed by atoms with Crippen molar-refractivity contribution in [1.82, 2.24) is 10.2 Å². The number of ether oxygens (including phenoxy) is 1. The maximum Gasteiger partial charge on any atom is 0.411 e. The van der Waals surface area contributed by atoms with Crippen molar-refractivity contribution in [1.29, 1.82) is 0 Å².